The van der Waals surface area contributed by atoms with Gasteiger partial charge in [-0.05, 0) is 60.7 Å². The summed E-state index contributed by atoms with van der Waals surface area (Å²) < 4.78 is 18.9. The van der Waals surface area contributed by atoms with E-state index >= 15 is 0 Å². The van der Waals surface area contributed by atoms with Crippen LogP contribution in [0.3, 0.4) is 0 Å². The Hall–Kier alpha value is -2.25. The number of carbonyl (C=O) groups is 1. The van der Waals surface area contributed by atoms with Crippen molar-refractivity contribution < 1.29 is 13.9 Å². The lowest BCUT2D eigenvalue weighted by atomic mass is 9.98. The van der Waals surface area contributed by atoms with E-state index in [-0.39, 0.29) is 17.8 Å². The average molecular weight is 533 g/mol. The molecule has 3 aromatic carbocycles. The maximum atomic E-state index is 13.6. The van der Waals surface area contributed by atoms with Crippen molar-refractivity contribution in [3.63, 3.8) is 0 Å². The third kappa shape index (κ3) is 5.61. The van der Waals surface area contributed by atoms with Crippen molar-refractivity contribution >= 4 is 46.6 Å². The van der Waals surface area contributed by atoms with Gasteiger partial charge in [-0.2, -0.15) is 0 Å². The van der Waals surface area contributed by atoms with Crippen LogP contribution in [-0.4, -0.2) is 50.4 Å². The Morgan fingerprint density at radius 1 is 1.00 bits per heavy atom. The maximum absolute atomic E-state index is 13.6. The lowest BCUT2D eigenvalue weighted by Crippen LogP contribution is -2.49. The van der Waals surface area contributed by atoms with Crippen molar-refractivity contribution in [3.8, 4) is 11.1 Å². The van der Waals surface area contributed by atoms with Gasteiger partial charge in [0.2, 0.25) is 0 Å². The van der Waals surface area contributed by atoms with E-state index in [1.54, 1.807) is 31.0 Å². The zero-order chi connectivity index (χ0) is 25.1. The fraction of sp³-hybridized carbons (Fsp3) is 0.296. The lowest BCUT2D eigenvalue weighted by molar-refractivity contribution is 0.0747. The molecule has 184 valence electrons. The fourth-order valence-electron chi connectivity index (χ4n) is 4.31. The second-order valence-electron chi connectivity index (χ2n) is 8.40. The van der Waals surface area contributed by atoms with Crippen LogP contribution < -0.4 is 4.90 Å². The van der Waals surface area contributed by atoms with Gasteiger partial charge in [0.05, 0.1) is 6.10 Å². The van der Waals surface area contributed by atoms with Crippen molar-refractivity contribution in [1.82, 2.24) is 4.90 Å². The molecule has 0 aromatic heterocycles. The average Bonchev–Trinajstić information content (AvgIpc) is 2.88. The number of hydrogen-bond acceptors (Lipinski definition) is 4. The molecule has 0 saturated carbocycles. The Labute approximate surface area is 220 Å². The predicted molar refractivity (Wildman–Crippen MR) is 144 cm³/mol. The van der Waals surface area contributed by atoms with Crippen molar-refractivity contribution in [2.45, 2.75) is 17.9 Å². The van der Waals surface area contributed by atoms with Crippen molar-refractivity contribution in [2.75, 3.05) is 44.4 Å². The monoisotopic (exact) mass is 532 g/mol. The molecule has 1 aliphatic heterocycles. The first kappa shape index (κ1) is 25.8. The van der Waals surface area contributed by atoms with Crippen LogP contribution in [-0.2, 0) is 4.74 Å². The molecule has 0 aliphatic carbocycles. The Balaban J connectivity index is 1.53. The summed E-state index contributed by atoms with van der Waals surface area (Å²) in [7, 11) is 1.62. The normalized spacial score (nSPS) is 14.8. The summed E-state index contributed by atoms with van der Waals surface area (Å²) in [5, 5.41) is 1.14. The first-order chi connectivity index (χ1) is 16.8. The van der Waals surface area contributed by atoms with Gasteiger partial charge < -0.3 is 14.5 Å². The number of ether oxygens (including phenoxy) is 1. The van der Waals surface area contributed by atoms with Crippen molar-refractivity contribution in [1.29, 1.82) is 0 Å². The molecule has 0 radical (unpaired) electrons. The van der Waals surface area contributed by atoms with E-state index in [9.17, 15) is 9.18 Å². The van der Waals surface area contributed by atoms with Crippen LogP contribution in [0.15, 0.2) is 59.5 Å². The lowest BCUT2D eigenvalue weighted by Gasteiger charge is -2.37. The summed E-state index contributed by atoms with van der Waals surface area (Å²) >= 11 is 14.6. The number of nitrogens with zero attached hydrogens (tertiary/aromatic N) is 2. The molecule has 8 heteroatoms. The highest BCUT2D eigenvalue weighted by molar-refractivity contribution is 7.98. The van der Waals surface area contributed by atoms with Crippen LogP contribution in [0.5, 0.6) is 0 Å². The molecule has 4 nitrogen and oxygen atoms in total. The third-order valence-corrected chi connectivity index (χ3v) is 7.72. The van der Waals surface area contributed by atoms with Gasteiger partial charge in [-0.25, -0.2) is 4.39 Å². The van der Waals surface area contributed by atoms with Crippen LogP contribution in [0.25, 0.3) is 11.1 Å². The summed E-state index contributed by atoms with van der Waals surface area (Å²) in [6.07, 6.45) is 1.78. The number of piperazine rings is 1. The number of thioether (sulfide) groups is 1. The minimum Gasteiger partial charge on any atom is -0.377 e. The minimum atomic E-state index is -0.302. The van der Waals surface area contributed by atoms with E-state index < -0.39 is 0 Å². The third-order valence-electron chi connectivity index (χ3n) is 6.37. The summed E-state index contributed by atoms with van der Waals surface area (Å²) in [6, 6.07) is 15.9. The van der Waals surface area contributed by atoms with Crippen LogP contribution in [0.2, 0.25) is 10.0 Å². The second kappa shape index (κ2) is 11.2. The van der Waals surface area contributed by atoms with E-state index in [1.807, 2.05) is 48.4 Å². The number of anilines is 1. The SMILES string of the molecule is COC(C)c1c(Cl)cc(N2CCN(C(=O)c3cc(SC)ccc3-c3ccc(F)cc3)CC2)cc1Cl. The summed E-state index contributed by atoms with van der Waals surface area (Å²) in [6.45, 7) is 4.36. The molecule has 1 fully saturated rings. The quantitative estimate of drug-likeness (QED) is 0.314. The maximum Gasteiger partial charge on any atom is 0.254 e. The molecule has 1 amide bonds. The van der Waals surface area contributed by atoms with Crippen LogP contribution in [0.4, 0.5) is 10.1 Å². The van der Waals surface area contributed by atoms with Crippen LogP contribution in [0, 0.1) is 5.82 Å². The molecular formula is C27H27Cl2FN2O2S. The van der Waals surface area contributed by atoms with E-state index in [2.05, 4.69) is 4.90 Å². The zero-order valence-corrected chi connectivity index (χ0v) is 22.2. The molecule has 1 unspecified atom stereocenters. The minimum absolute atomic E-state index is 0.0276. The molecule has 4 rings (SSSR count). The van der Waals surface area contributed by atoms with Gasteiger partial charge in [-0.1, -0.05) is 41.4 Å². The van der Waals surface area contributed by atoms with Crippen LogP contribution in [0.1, 0.15) is 28.9 Å². The summed E-state index contributed by atoms with van der Waals surface area (Å²) in [5.74, 6) is -0.330. The number of hydrogen-bond donors (Lipinski definition) is 0. The zero-order valence-electron chi connectivity index (χ0n) is 19.9. The second-order valence-corrected chi connectivity index (χ2v) is 10.1. The molecule has 0 N–H and O–H groups in total. The van der Waals surface area contributed by atoms with E-state index in [0.717, 1.165) is 27.3 Å². The van der Waals surface area contributed by atoms with Crippen molar-refractivity contribution in [3.05, 3.63) is 81.6 Å². The first-order valence-corrected chi connectivity index (χ1v) is 13.3. The first-order valence-electron chi connectivity index (χ1n) is 11.3. The van der Waals surface area contributed by atoms with E-state index in [4.69, 9.17) is 27.9 Å². The molecule has 1 saturated heterocycles. The molecule has 1 heterocycles. The molecular weight excluding hydrogens is 506 g/mol. The smallest absolute Gasteiger partial charge is 0.254 e. The van der Waals surface area contributed by atoms with Gasteiger partial charge in [0.15, 0.2) is 0 Å². The van der Waals surface area contributed by atoms with Crippen molar-refractivity contribution in [2.24, 2.45) is 0 Å². The number of rotatable bonds is 6. The topological polar surface area (TPSA) is 32.8 Å². The Morgan fingerprint density at radius 2 is 1.63 bits per heavy atom. The van der Waals surface area contributed by atoms with Gasteiger partial charge in [-0.15, -0.1) is 11.8 Å². The summed E-state index contributed by atoms with van der Waals surface area (Å²) in [4.78, 5) is 18.7. The Bertz CT molecular complexity index is 1190. The van der Waals surface area contributed by atoms with Gasteiger partial charge in [0.1, 0.15) is 5.82 Å². The predicted octanol–water partition coefficient (Wildman–Crippen LogP) is 7.19. The number of halogens is 3. The molecule has 35 heavy (non-hydrogen) atoms. The Kier molecular flexibility index (Phi) is 8.27. The molecule has 1 aliphatic rings. The highest BCUT2D eigenvalue weighted by Gasteiger charge is 2.26. The fourth-order valence-corrected chi connectivity index (χ4v) is 5.53. The standard InChI is InChI=1S/C27H27Cl2FN2O2S/c1-17(34-2)26-24(28)14-20(15-25(26)29)31-10-12-32(13-11-31)27(33)23-16-21(35-3)8-9-22(23)18-4-6-19(30)7-5-18/h4-9,14-17H,10-13H2,1-3H3. The van der Waals surface area contributed by atoms with E-state index in [1.165, 1.54) is 12.1 Å². The van der Waals surface area contributed by atoms with Gasteiger partial charge in [-0.3, -0.25) is 4.79 Å². The number of methoxy groups -OCH3 is 1. The highest BCUT2D eigenvalue weighted by atomic mass is 35.5. The Morgan fingerprint density at radius 3 is 2.20 bits per heavy atom. The molecule has 1 atom stereocenters. The van der Waals surface area contributed by atoms with E-state index in [0.29, 0.717) is 41.8 Å². The van der Waals surface area contributed by atoms with Gasteiger partial charge >= 0.3 is 0 Å². The van der Waals surface area contributed by atoms with Gasteiger partial charge in [0, 0.05) is 65.0 Å². The molecule has 0 spiro atoms. The number of amides is 1. The van der Waals surface area contributed by atoms with Crippen LogP contribution >= 0.6 is 35.0 Å². The highest BCUT2D eigenvalue weighted by Crippen LogP contribution is 2.36. The number of benzene rings is 3. The molecule has 3 aromatic rings. The number of carbonyl (C=O) groups excluding carboxylic acids is 1. The van der Waals surface area contributed by atoms with Gasteiger partial charge in [0.25, 0.3) is 5.91 Å². The summed E-state index contributed by atoms with van der Waals surface area (Å²) in [5.41, 5.74) is 3.94. The molecule has 0 bridgehead atoms. The largest absolute Gasteiger partial charge is 0.377 e.